The Balaban J connectivity index is 0.000000440. The molecular formula is C56H86O6PbS2. The van der Waals surface area contributed by atoms with Crippen LogP contribution < -0.4 is 0 Å². The summed E-state index contributed by atoms with van der Waals surface area (Å²) >= 11 is 0. The minimum atomic E-state index is -4.47. The molecule has 0 N–H and O–H groups in total. The van der Waals surface area contributed by atoms with Crippen LogP contribution in [0.2, 0.25) is 0 Å². The second kappa shape index (κ2) is 34.4. The molecule has 0 aromatic heterocycles. The Bertz CT molecular complexity index is 1960. The third-order valence-corrected chi connectivity index (χ3v) is 14.9. The Morgan fingerprint density at radius 1 is 0.338 bits per heavy atom. The van der Waals surface area contributed by atoms with Crippen LogP contribution in [-0.2, 0) is 45.9 Å². The molecule has 0 unspecified atom stereocenters. The molecule has 4 aromatic carbocycles. The van der Waals surface area contributed by atoms with E-state index in [0.29, 0.717) is 12.8 Å². The van der Waals surface area contributed by atoms with Gasteiger partial charge in [0.1, 0.15) is 20.2 Å². The zero-order valence-electron chi connectivity index (χ0n) is 41.2. The monoisotopic (exact) mass is 1130 g/mol. The number of unbranched alkanes of at least 4 members (excludes halogenated alkanes) is 24. The summed E-state index contributed by atoms with van der Waals surface area (Å²) in [7, 11) is -8.95. The van der Waals surface area contributed by atoms with Crippen LogP contribution in [0.5, 0.6) is 0 Å². The third-order valence-electron chi connectivity index (χ3n) is 13.0. The predicted octanol–water partition coefficient (Wildman–Crippen LogP) is 16.3. The first-order chi connectivity index (χ1) is 30.9. The van der Waals surface area contributed by atoms with Crippen LogP contribution in [-0.4, -0.2) is 53.2 Å². The van der Waals surface area contributed by atoms with Gasteiger partial charge in [-0.15, -0.1) is 0 Å². The maximum atomic E-state index is 12.0. The summed E-state index contributed by atoms with van der Waals surface area (Å²) in [6.07, 6.45) is 37.6. The van der Waals surface area contributed by atoms with E-state index in [1.165, 1.54) is 165 Å². The summed E-state index contributed by atoms with van der Waals surface area (Å²) in [6, 6.07) is 19.3. The van der Waals surface area contributed by atoms with Gasteiger partial charge in [-0.05, 0) is 107 Å². The van der Waals surface area contributed by atoms with E-state index in [2.05, 4.69) is 64.1 Å². The molecule has 0 atom stereocenters. The molecule has 0 spiro atoms. The molecule has 0 saturated carbocycles. The minimum Gasteiger partial charge on any atom is -0.744 e. The van der Waals surface area contributed by atoms with Crippen LogP contribution in [0, 0.1) is 0 Å². The molecule has 9 heteroatoms. The summed E-state index contributed by atoms with van der Waals surface area (Å²) in [5, 5.41) is 3.96. The van der Waals surface area contributed by atoms with Gasteiger partial charge in [0.2, 0.25) is 0 Å². The van der Waals surface area contributed by atoms with E-state index in [4.69, 9.17) is 0 Å². The maximum absolute atomic E-state index is 12.0. The van der Waals surface area contributed by atoms with Gasteiger partial charge >= 0.3 is 27.3 Å². The fraction of sp³-hybridized carbons (Fsp3) is 0.643. The smallest absolute Gasteiger partial charge is 0.744 e. The van der Waals surface area contributed by atoms with Gasteiger partial charge in [0.05, 0.1) is 9.79 Å². The van der Waals surface area contributed by atoms with Crippen molar-refractivity contribution in [2.24, 2.45) is 0 Å². The topological polar surface area (TPSA) is 114 Å². The number of benzene rings is 4. The molecular weight excluding hydrogens is 1040 g/mol. The zero-order chi connectivity index (χ0) is 46.5. The van der Waals surface area contributed by atoms with Crippen LogP contribution in [0.3, 0.4) is 0 Å². The Morgan fingerprint density at radius 2 is 0.585 bits per heavy atom. The molecule has 65 heavy (non-hydrogen) atoms. The molecule has 6 nitrogen and oxygen atoms in total. The second-order valence-corrected chi connectivity index (χ2v) is 21.3. The van der Waals surface area contributed by atoms with Gasteiger partial charge in [-0.2, -0.15) is 0 Å². The number of fused-ring (bicyclic) bond motifs is 2. The Kier molecular flexibility index (Phi) is 31.4. The molecule has 2 radical (unpaired) electrons. The van der Waals surface area contributed by atoms with Crippen molar-refractivity contribution in [2.45, 2.75) is 243 Å². The Hall–Kier alpha value is -1.86. The number of rotatable bonds is 34. The summed E-state index contributed by atoms with van der Waals surface area (Å²) in [5.41, 5.74) is 3.94. The van der Waals surface area contributed by atoms with Gasteiger partial charge in [0.25, 0.3) is 0 Å². The first-order valence-corrected chi connectivity index (χ1v) is 28.8. The quantitative estimate of drug-likeness (QED) is 0.0261. The predicted molar refractivity (Wildman–Crippen MR) is 276 cm³/mol. The van der Waals surface area contributed by atoms with Gasteiger partial charge in [-0.3, -0.25) is 0 Å². The molecule has 4 aromatic rings. The summed E-state index contributed by atoms with van der Waals surface area (Å²) in [4.78, 5) is -0.0480. The molecule has 0 bridgehead atoms. The van der Waals surface area contributed by atoms with Crippen molar-refractivity contribution in [1.29, 1.82) is 0 Å². The molecule has 0 aliphatic carbocycles. The van der Waals surface area contributed by atoms with Crippen molar-refractivity contribution < 1.29 is 25.9 Å². The number of hydrogen-bond donors (Lipinski definition) is 0. The van der Waals surface area contributed by atoms with Gasteiger partial charge in [-0.1, -0.05) is 230 Å². The van der Waals surface area contributed by atoms with E-state index in [9.17, 15) is 25.9 Å². The van der Waals surface area contributed by atoms with Crippen molar-refractivity contribution in [3.63, 3.8) is 0 Å². The molecule has 0 fully saturated rings. The number of hydrogen-bond acceptors (Lipinski definition) is 6. The fourth-order valence-corrected chi connectivity index (χ4v) is 10.7. The van der Waals surface area contributed by atoms with Crippen LogP contribution in [0.4, 0.5) is 0 Å². The van der Waals surface area contributed by atoms with E-state index in [0.717, 1.165) is 84.0 Å². The van der Waals surface area contributed by atoms with E-state index in [1.54, 1.807) is 12.1 Å². The molecule has 4 rings (SSSR count). The van der Waals surface area contributed by atoms with Crippen molar-refractivity contribution in [3.8, 4) is 0 Å². The molecule has 0 aliphatic rings. The normalized spacial score (nSPS) is 11.8. The number of aryl methyl sites for hydroxylation is 4. The summed E-state index contributed by atoms with van der Waals surface area (Å²) < 4.78 is 71.7. The van der Waals surface area contributed by atoms with E-state index in [-0.39, 0.29) is 37.1 Å². The minimum absolute atomic E-state index is 0. The molecule has 0 amide bonds. The van der Waals surface area contributed by atoms with Gasteiger partial charge in [0, 0.05) is 0 Å². The van der Waals surface area contributed by atoms with Crippen molar-refractivity contribution in [2.75, 3.05) is 0 Å². The van der Waals surface area contributed by atoms with E-state index in [1.807, 2.05) is 0 Å². The molecule has 0 saturated heterocycles. The van der Waals surface area contributed by atoms with Crippen LogP contribution in [0.1, 0.15) is 230 Å². The molecule has 362 valence electrons. The van der Waals surface area contributed by atoms with Crippen LogP contribution >= 0.6 is 0 Å². The third kappa shape index (κ3) is 23.3. The van der Waals surface area contributed by atoms with Gasteiger partial charge in [-0.25, -0.2) is 16.8 Å². The first-order valence-electron chi connectivity index (χ1n) is 25.9. The van der Waals surface area contributed by atoms with Crippen molar-refractivity contribution >= 4 is 69.1 Å². The Morgan fingerprint density at radius 3 is 0.862 bits per heavy atom. The summed E-state index contributed by atoms with van der Waals surface area (Å²) in [5.74, 6) is 0. The standard InChI is InChI=1S/2C28H44O3S.Pb/c2*1-3-5-7-9-11-13-15-17-24-19-20-25-21-22-28(32(29,30)31)26(27(25)23-24)18-16-14-12-10-8-6-4-2;/h2*19-23H,3-18H2,1-2H3,(H,29,30,31);/q;;+2/p-2. The fourth-order valence-electron chi connectivity index (χ4n) is 9.20. The second-order valence-electron chi connectivity index (χ2n) is 18.6. The van der Waals surface area contributed by atoms with E-state index >= 15 is 0 Å². The van der Waals surface area contributed by atoms with Gasteiger partial charge in [0.15, 0.2) is 0 Å². The SMILES string of the molecule is CCCCCCCCCc1ccc2ccc(S(=O)(=O)[O-])c(CCCCCCCCC)c2c1.CCCCCCCCCc1ccc2ccc(S(=O)(=O)[O-])c(CCCCCCCCC)c2c1.[Pb+2]. The zero-order valence-corrected chi connectivity index (χ0v) is 46.7. The largest absolute Gasteiger partial charge is 2.00 e. The van der Waals surface area contributed by atoms with Crippen molar-refractivity contribution in [1.82, 2.24) is 0 Å². The average molecular weight is 1130 g/mol. The van der Waals surface area contributed by atoms with Crippen LogP contribution in [0.15, 0.2) is 70.5 Å². The van der Waals surface area contributed by atoms with Crippen LogP contribution in [0.25, 0.3) is 21.5 Å². The average Bonchev–Trinajstić information content (AvgIpc) is 3.27. The molecule has 0 aliphatic heterocycles. The van der Waals surface area contributed by atoms with Crippen molar-refractivity contribution in [3.05, 3.63) is 82.9 Å². The Labute approximate surface area is 418 Å². The van der Waals surface area contributed by atoms with Gasteiger partial charge < -0.3 is 9.11 Å². The maximum Gasteiger partial charge on any atom is 2.00 e. The molecule has 0 heterocycles. The summed E-state index contributed by atoms with van der Waals surface area (Å²) in [6.45, 7) is 8.91. The first kappa shape index (κ1) is 59.3. The van der Waals surface area contributed by atoms with E-state index < -0.39 is 20.2 Å².